The quantitative estimate of drug-likeness (QED) is 0.412. The Morgan fingerprint density at radius 2 is 1.72 bits per heavy atom. The lowest BCUT2D eigenvalue weighted by molar-refractivity contribution is 0.356. The second-order valence-electron chi connectivity index (χ2n) is 6.30. The first-order valence-corrected chi connectivity index (χ1v) is 8.90. The Morgan fingerprint density at radius 3 is 2.48 bits per heavy atom. The molecule has 29 heavy (non-hydrogen) atoms. The molecule has 0 spiro atoms. The van der Waals surface area contributed by atoms with E-state index in [-0.39, 0.29) is 6.54 Å². The number of methoxy groups -OCH3 is 2. The first-order valence-electron chi connectivity index (χ1n) is 8.90. The summed E-state index contributed by atoms with van der Waals surface area (Å²) in [5.74, 6) is 7.44. The van der Waals surface area contributed by atoms with Gasteiger partial charge in [-0.2, -0.15) is 0 Å². The molecule has 0 bridgehead atoms. The first-order chi connectivity index (χ1) is 14.1. The van der Waals surface area contributed by atoms with E-state index in [1.165, 1.54) is 0 Å². The summed E-state index contributed by atoms with van der Waals surface area (Å²) in [4.78, 5) is 13.3. The number of nitrogen functional groups attached to an aromatic ring is 1. The Morgan fingerprint density at radius 1 is 0.931 bits per heavy atom. The number of nitrogens with two attached hydrogens (primary N) is 2. The van der Waals surface area contributed by atoms with Gasteiger partial charge in [-0.25, -0.2) is 4.98 Å². The van der Waals surface area contributed by atoms with E-state index >= 15 is 0 Å². The third-order valence-corrected chi connectivity index (χ3v) is 4.58. The average molecular weight is 385 g/mol. The lowest BCUT2D eigenvalue weighted by Gasteiger charge is -2.12. The van der Waals surface area contributed by atoms with Crippen molar-refractivity contribution in [2.75, 3.05) is 26.5 Å². The van der Waals surface area contributed by atoms with E-state index in [4.69, 9.17) is 20.9 Å². The van der Waals surface area contributed by atoms with Crippen LogP contribution >= 0.6 is 0 Å². The molecule has 0 radical (unpaired) electrons. The molecule has 0 saturated heterocycles. The lowest BCUT2D eigenvalue weighted by Crippen LogP contribution is -1.97. The lowest BCUT2D eigenvalue weighted by atomic mass is 10.0. The molecular weight excluding hydrogens is 366 g/mol. The van der Waals surface area contributed by atoms with Crippen molar-refractivity contribution in [2.24, 2.45) is 5.73 Å². The van der Waals surface area contributed by atoms with Crippen LogP contribution in [0, 0.1) is 11.8 Å². The van der Waals surface area contributed by atoms with Gasteiger partial charge in [0.1, 0.15) is 5.82 Å². The summed E-state index contributed by atoms with van der Waals surface area (Å²) in [6, 6.07) is 7.62. The van der Waals surface area contributed by atoms with Crippen LogP contribution in [0.1, 0.15) is 5.56 Å². The van der Waals surface area contributed by atoms with Crippen molar-refractivity contribution in [2.45, 2.75) is 0 Å². The smallest absolute Gasteiger partial charge is 0.162 e. The molecule has 0 unspecified atom stereocenters. The van der Waals surface area contributed by atoms with Gasteiger partial charge < -0.3 is 20.9 Å². The van der Waals surface area contributed by atoms with Crippen molar-refractivity contribution < 1.29 is 9.47 Å². The number of ether oxygens (including phenoxy) is 2. The van der Waals surface area contributed by atoms with Crippen LogP contribution in [0.25, 0.3) is 32.9 Å². The molecule has 0 aliphatic carbocycles. The fourth-order valence-corrected chi connectivity index (χ4v) is 3.21. The van der Waals surface area contributed by atoms with Crippen LogP contribution in [0.5, 0.6) is 11.5 Å². The maximum absolute atomic E-state index is 6.26. The van der Waals surface area contributed by atoms with Crippen molar-refractivity contribution in [1.29, 1.82) is 0 Å². The number of fused-ring (bicyclic) bond motifs is 3. The van der Waals surface area contributed by atoms with Crippen LogP contribution in [0.15, 0.2) is 42.9 Å². The highest BCUT2D eigenvalue weighted by Crippen LogP contribution is 2.36. The molecular formula is C22H19N5O2. The Bertz CT molecular complexity index is 1290. The van der Waals surface area contributed by atoms with Crippen LogP contribution in [0.2, 0.25) is 0 Å². The minimum atomic E-state index is 0.287. The van der Waals surface area contributed by atoms with Gasteiger partial charge in [0, 0.05) is 46.6 Å². The van der Waals surface area contributed by atoms with Gasteiger partial charge in [0.25, 0.3) is 0 Å². The molecule has 0 aliphatic rings. The van der Waals surface area contributed by atoms with Crippen LogP contribution in [0.4, 0.5) is 5.82 Å². The number of pyridine rings is 3. The molecule has 0 atom stereocenters. The van der Waals surface area contributed by atoms with Crippen molar-refractivity contribution in [1.82, 2.24) is 15.0 Å². The SMILES string of the molecule is COc1cc2ncc3c(N)nc(-c4cncc(C#CCN)c4)cc3c2cc1OC. The standard InChI is InChI=1S/C22H19N5O2/c1-28-20-8-16-15-7-18(14-6-13(4-3-5-23)10-25-11-14)27-22(24)17(15)12-26-19(16)9-21(20)29-2/h6-12H,5,23H2,1-2H3,(H2,24,27). The number of nitrogens with zero attached hydrogens (tertiary/aromatic N) is 3. The van der Waals surface area contributed by atoms with E-state index in [2.05, 4.69) is 26.8 Å². The van der Waals surface area contributed by atoms with E-state index in [0.717, 1.165) is 32.8 Å². The fourth-order valence-electron chi connectivity index (χ4n) is 3.21. The zero-order valence-electron chi connectivity index (χ0n) is 16.1. The monoisotopic (exact) mass is 385 g/mol. The molecule has 0 aliphatic heterocycles. The predicted molar refractivity (Wildman–Crippen MR) is 114 cm³/mol. The Labute approximate surface area is 167 Å². The van der Waals surface area contributed by atoms with Crippen molar-refractivity contribution in [3.05, 3.63) is 48.4 Å². The second kappa shape index (κ2) is 7.62. The van der Waals surface area contributed by atoms with Crippen LogP contribution in [0.3, 0.4) is 0 Å². The van der Waals surface area contributed by atoms with E-state index in [9.17, 15) is 0 Å². The molecule has 7 heteroatoms. The fraction of sp³-hybridized carbons (Fsp3) is 0.136. The molecule has 3 aromatic heterocycles. The van der Waals surface area contributed by atoms with Gasteiger partial charge in [0.15, 0.2) is 11.5 Å². The van der Waals surface area contributed by atoms with Crippen LogP contribution in [-0.4, -0.2) is 35.7 Å². The van der Waals surface area contributed by atoms with E-state index in [1.807, 2.05) is 24.3 Å². The minimum Gasteiger partial charge on any atom is -0.493 e. The molecule has 144 valence electrons. The third-order valence-electron chi connectivity index (χ3n) is 4.58. The summed E-state index contributed by atoms with van der Waals surface area (Å²) in [5.41, 5.74) is 14.8. The topological polar surface area (TPSA) is 109 Å². The van der Waals surface area contributed by atoms with E-state index in [1.54, 1.807) is 32.8 Å². The molecule has 1 aromatic carbocycles. The van der Waals surface area contributed by atoms with Crippen molar-refractivity contribution >= 4 is 27.5 Å². The van der Waals surface area contributed by atoms with Crippen molar-refractivity contribution in [3.8, 4) is 34.6 Å². The number of hydrogen-bond acceptors (Lipinski definition) is 7. The molecule has 4 aromatic rings. The molecule has 0 amide bonds. The molecule has 4 N–H and O–H groups in total. The molecule has 0 fully saturated rings. The molecule has 4 rings (SSSR count). The summed E-state index contributed by atoms with van der Waals surface area (Å²) >= 11 is 0. The highest BCUT2D eigenvalue weighted by molar-refractivity contribution is 6.10. The maximum Gasteiger partial charge on any atom is 0.162 e. The highest BCUT2D eigenvalue weighted by atomic mass is 16.5. The normalized spacial score (nSPS) is 10.6. The Balaban J connectivity index is 1.97. The van der Waals surface area contributed by atoms with Gasteiger partial charge in [0.2, 0.25) is 0 Å². The average Bonchev–Trinajstić information content (AvgIpc) is 2.76. The summed E-state index contributed by atoms with van der Waals surface area (Å²) in [6.07, 6.45) is 5.14. The number of anilines is 1. The van der Waals surface area contributed by atoms with E-state index in [0.29, 0.717) is 23.0 Å². The third kappa shape index (κ3) is 3.37. The molecule has 0 saturated carbocycles. The van der Waals surface area contributed by atoms with E-state index < -0.39 is 0 Å². The number of rotatable bonds is 3. The van der Waals surface area contributed by atoms with Gasteiger partial charge in [-0.3, -0.25) is 9.97 Å². The minimum absolute atomic E-state index is 0.287. The van der Waals surface area contributed by atoms with Gasteiger partial charge in [-0.15, -0.1) is 0 Å². The summed E-state index contributed by atoms with van der Waals surface area (Å²) in [6.45, 7) is 0.287. The summed E-state index contributed by atoms with van der Waals surface area (Å²) in [5, 5.41) is 2.57. The molecule has 3 heterocycles. The Kier molecular flexibility index (Phi) is 4.85. The second-order valence-corrected chi connectivity index (χ2v) is 6.30. The van der Waals surface area contributed by atoms with Gasteiger partial charge >= 0.3 is 0 Å². The molecule has 7 nitrogen and oxygen atoms in total. The number of hydrogen-bond donors (Lipinski definition) is 2. The zero-order valence-corrected chi connectivity index (χ0v) is 16.1. The van der Waals surface area contributed by atoms with Gasteiger partial charge in [-0.1, -0.05) is 11.8 Å². The van der Waals surface area contributed by atoms with Crippen LogP contribution in [-0.2, 0) is 0 Å². The Hall–Kier alpha value is -3.89. The predicted octanol–water partition coefficient (Wildman–Crippen LogP) is 2.75. The van der Waals surface area contributed by atoms with Crippen LogP contribution < -0.4 is 20.9 Å². The van der Waals surface area contributed by atoms with Gasteiger partial charge in [0.05, 0.1) is 32.0 Å². The van der Waals surface area contributed by atoms with Gasteiger partial charge in [-0.05, 0) is 23.6 Å². The first kappa shape index (κ1) is 18.5. The maximum atomic E-state index is 6.26. The zero-order chi connectivity index (χ0) is 20.4. The summed E-state index contributed by atoms with van der Waals surface area (Å²) < 4.78 is 10.8. The summed E-state index contributed by atoms with van der Waals surface area (Å²) in [7, 11) is 3.20. The van der Waals surface area contributed by atoms with Crippen molar-refractivity contribution in [3.63, 3.8) is 0 Å². The number of benzene rings is 1. The number of aromatic nitrogens is 3. The highest BCUT2D eigenvalue weighted by Gasteiger charge is 2.13. The largest absolute Gasteiger partial charge is 0.493 e.